The Hall–Kier alpha value is -1.60. The lowest BCUT2D eigenvalue weighted by Gasteiger charge is -2.21. The summed E-state index contributed by atoms with van der Waals surface area (Å²) in [5, 5.41) is 4.39. The van der Waals surface area contributed by atoms with Crippen LogP contribution in [0.1, 0.15) is 43.5 Å². The van der Waals surface area contributed by atoms with Gasteiger partial charge >= 0.3 is 0 Å². The third-order valence-electron chi connectivity index (χ3n) is 3.55. The van der Waals surface area contributed by atoms with Gasteiger partial charge in [0.25, 0.3) is 0 Å². The minimum absolute atomic E-state index is 0.199. The van der Waals surface area contributed by atoms with Gasteiger partial charge in [-0.25, -0.2) is 13.1 Å². The lowest BCUT2D eigenvalue weighted by atomic mass is 10.1. The fourth-order valence-corrected chi connectivity index (χ4v) is 3.90. The van der Waals surface area contributed by atoms with Gasteiger partial charge in [0, 0.05) is 12.1 Å². The van der Waals surface area contributed by atoms with Crippen LogP contribution in [0.4, 0.5) is 0 Å². The molecule has 0 aliphatic carbocycles. The van der Waals surface area contributed by atoms with E-state index >= 15 is 0 Å². The maximum Gasteiger partial charge on any atom is 0.244 e. The van der Waals surface area contributed by atoms with Crippen LogP contribution in [-0.4, -0.2) is 18.2 Å². The van der Waals surface area contributed by atoms with Crippen molar-refractivity contribution in [2.24, 2.45) is 0 Å². The maximum atomic E-state index is 12.6. The monoisotopic (exact) mass is 325 g/mol. The first-order valence-electron chi connectivity index (χ1n) is 7.13. The van der Waals surface area contributed by atoms with Crippen molar-refractivity contribution in [1.29, 1.82) is 0 Å². The standard InChI is InChI=1S/C15H23N3O3S/c1-10-14(11(2)18(17-10)15(4,5)6)22(19,20)16-9-13-7-8-21-12(13)3/h7-8,16H,9H2,1-6H3. The molecule has 0 saturated heterocycles. The second kappa shape index (κ2) is 5.55. The molecule has 7 heteroatoms. The molecule has 0 aliphatic heterocycles. The third kappa shape index (κ3) is 3.10. The molecule has 0 fully saturated rings. The number of rotatable bonds is 4. The Kier molecular flexibility index (Phi) is 4.23. The molecule has 2 aromatic heterocycles. The predicted molar refractivity (Wildman–Crippen MR) is 84.2 cm³/mol. The highest BCUT2D eigenvalue weighted by molar-refractivity contribution is 7.89. The van der Waals surface area contributed by atoms with Crippen molar-refractivity contribution >= 4 is 10.0 Å². The molecule has 1 N–H and O–H groups in total. The van der Waals surface area contributed by atoms with Crippen LogP contribution in [0.3, 0.4) is 0 Å². The van der Waals surface area contributed by atoms with Crippen LogP contribution in [0.15, 0.2) is 21.6 Å². The molecule has 0 amide bonds. The van der Waals surface area contributed by atoms with Crippen molar-refractivity contribution in [3.8, 4) is 0 Å². The van der Waals surface area contributed by atoms with E-state index in [9.17, 15) is 8.42 Å². The number of sulfonamides is 1. The Morgan fingerprint density at radius 1 is 1.27 bits per heavy atom. The Bertz CT molecular complexity index is 780. The van der Waals surface area contributed by atoms with E-state index < -0.39 is 10.0 Å². The molecule has 22 heavy (non-hydrogen) atoms. The van der Waals surface area contributed by atoms with E-state index in [2.05, 4.69) is 9.82 Å². The summed E-state index contributed by atoms with van der Waals surface area (Å²) in [5.41, 5.74) is 1.69. The SMILES string of the molecule is Cc1nn(C(C)(C)C)c(C)c1S(=O)(=O)NCc1ccoc1C. The molecular formula is C15H23N3O3S. The highest BCUT2D eigenvalue weighted by Gasteiger charge is 2.28. The van der Waals surface area contributed by atoms with E-state index in [0.29, 0.717) is 17.1 Å². The fraction of sp³-hybridized carbons (Fsp3) is 0.533. The van der Waals surface area contributed by atoms with Crippen molar-refractivity contribution < 1.29 is 12.8 Å². The van der Waals surface area contributed by atoms with E-state index in [4.69, 9.17) is 4.42 Å². The number of aromatic nitrogens is 2. The molecule has 2 aromatic rings. The van der Waals surface area contributed by atoms with Gasteiger partial charge in [-0.05, 0) is 47.6 Å². The van der Waals surface area contributed by atoms with Gasteiger partial charge in [-0.2, -0.15) is 5.10 Å². The zero-order chi connectivity index (χ0) is 16.7. The first-order valence-corrected chi connectivity index (χ1v) is 8.61. The summed E-state index contributed by atoms with van der Waals surface area (Å²) in [4.78, 5) is 0.253. The number of nitrogens with one attached hydrogen (secondary N) is 1. The summed E-state index contributed by atoms with van der Waals surface area (Å²) < 4.78 is 34.8. The molecule has 0 saturated carbocycles. The van der Waals surface area contributed by atoms with E-state index in [-0.39, 0.29) is 17.0 Å². The fourth-order valence-electron chi connectivity index (χ4n) is 2.51. The second-order valence-corrected chi connectivity index (χ2v) is 8.11. The van der Waals surface area contributed by atoms with Crippen molar-refractivity contribution in [2.75, 3.05) is 0 Å². The van der Waals surface area contributed by atoms with Crippen LogP contribution in [0.2, 0.25) is 0 Å². The van der Waals surface area contributed by atoms with Crippen LogP contribution in [0.25, 0.3) is 0 Å². The van der Waals surface area contributed by atoms with E-state index in [1.54, 1.807) is 37.8 Å². The molecule has 0 unspecified atom stereocenters. The van der Waals surface area contributed by atoms with Crippen molar-refractivity contribution in [2.45, 2.75) is 58.5 Å². The van der Waals surface area contributed by atoms with Crippen LogP contribution in [0.5, 0.6) is 0 Å². The number of hydrogen-bond acceptors (Lipinski definition) is 4. The average Bonchev–Trinajstić information content (AvgIpc) is 2.90. The lowest BCUT2D eigenvalue weighted by molar-refractivity contribution is 0.345. The Balaban J connectivity index is 2.34. The zero-order valence-corrected chi connectivity index (χ0v) is 14.7. The molecule has 0 aliphatic rings. The molecule has 2 rings (SSSR count). The summed E-state index contributed by atoms with van der Waals surface area (Å²) in [6.07, 6.45) is 1.55. The van der Waals surface area contributed by atoms with Crippen molar-refractivity contribution in [3.05, 3.63) is 35.0 Å². The molecule has 2 heterocycles. The van der Waals surface area contributed by atoms with E-state index in [1.807, 2.05) is 20.8 Å². The molecule has 0 aromatic carbocycles. The maximum absolute atomic E-state index is 12.6. The van der Waals surface area contributed by atoms with Gasteiger partial charge in [0.15, 0.2) is 0 Å². The lowest BCUT2D eigenvalue weighted by Crippen LogP contribution is -2.26. The zero-order valence-electron chi connectivity index (χ0n) is 13.9. The normalized spacial score (nSPS) is 12.8. The second-order valence-electron chi connectivity index (χ2n) is 6.41. The van der Waals surface area contributed by atoms with Crippen molar-refractivity contribution in [3.63, 3.8) is 0 Å². The molecule has 0 radical (unpaired) electrons. The molecule has 0 bridgehead atoms. The van der Waals surface area contributed by atoms with Gasteiger partial charge in [-0.15, -0.1) is 0 Å². The molecule has 0 atom stereocenters. The topological polar surface area (TPSA) is 77.1 Å². The largest absolute Gasteiger partial charge is 0.469 e. The predicted octanol–water partition coefficient (Wildman–Crippen LogP) is 2.63. The first kappa shape index (κ1) is 16.8. The minimum Gasteiger partial charge on any atom is -0.469 e. The van der Waals surface area contributed by atoms with Gasteiger partial charge < -0.3 is 4.42 Å². The Morgan fingerprint density at radius 2 is 1.91 bits per heavy atom. The molecule has 6 nitrogen and oxygen atoms in total. The van der Waals surface area contributed by atoms with E-state index in [1.165, 1.54) is 0 Å². The number of nitrogens with zero attached hydrogens (tertiary/aromatic N) is 2. The first-order chi connectivity index (χ1) is 10.0. The van der Waals surface area contributed by atoms with Gasteiger partial charge in [0.1, 0.15) is 10.7 Å². The Morgan fingerprint density at radius 3 is 2.36 bits per heavy atom. The molecule has 122 valence electrons. The third-order valence-corrected chi connectivity index (χ3v) is 5.20. The van der Waals surface area contributed by atoms with Gasteiger partial charge in [0.05, 0.1) is 23.2 Å². The van der Waals surface area contributed by atoms with Crippen LogP contribution < -0.4 is 4.72 Å². The Labute approximate surface area is 131 Å². The van der Waals surface area contributed by atoms with Gasteiger partial charge in [-0.1, -0.05) is 0 Å². The number of aryl methyl sites for hydroxylation is 2. The molecule has 0 spiro atoms. The van der Waals surface area contributed by atoms with Crippen LogP contribution in [-0.2, 0) is 22.1 Å². The van der Waals surface area contributed by atoms with Crippen LogP contribution >= 0.6 is 0 Å². The molecular weight excluding hydrogens is 302 g/mol. The summed E-state index contributed by atoms with van der Waals surface area (Å²) >= 11 is 0. The summed E-state index contributed by atoms with van der Waals surface area (Å²) in [5.74, 6) is 0.710. The average molecular weight is 325 g/mol. The number of furan rings is 1. The quantitative estimate of drug-likeness (QED) is 0.937. The van der Waals surface area contributed by atoms with Crippen LogP contribution in [0, 0.1) is 20.8 Å². The highest BCUT2D eigenvalue weighted by Crippen LogP contribution is 2.25. The number of hydrogen-bond donors (Lipinski definition) is 1. The summed E-state index contributed by atoms with van der Waals surface area (Å²) in [6, 6.07) is 1.76. The smallest absolute Gasteiger partial charge is 0.244 e. The minimum atomic E-state index is -3.63. The summed E-state index contributed by atoms with van der Waals surface area (Å²) in [7, 11) is -3.63. The highest BCUT2D eigenvalue weighted by atomic mass is 32.2. The van der Waals surface area contributed by atoms with E-state index in [0.717, 1.165) is 5.56 Å². The summed E-state index contributed by atoms with van der Waals surface area (Å²) in [6.45, 7) is 11.5. The van der Waals surface area contributed by atoms with Gasteiger partial charge in [-0.3, -0.25) is 4.68 Å². The van der Waals surface area contributed by atoms with Gasteiger partial charge in [0.2, 0.25) is 10.0 Å². The van der Waals surface area contributed by atoms with Crippen molar-refractivity contribution in [1.82, 2.24) is 14.5 Å².